The molecule has 1 fully saturated rings. The smallest absolute Gasteiger partial charge is 0.261 e. The van der Waals surface area contributed by atoms with Crippen molar-refractivity contribution in [3.8, 4) is 11.4 Å². The number of hydrogen-bond donors (Lipinski definition) is 4. The van der Waals surface area contributed by atoms with Crippen molar-refractivity contribution in [2.75, 3.05) is 56.7 Å². The number of pyridine rings is 1. The van der Waals surface area contributed by atoms with Crippen LogP contribution in [0.3, 0.4) is 0 Å². The number of aromatic nitrogens is 3. The number of fused-ring (bicyclic) bond motifs is 1. The maximum atomic E-state index is 13.0. The van der Waals surface area contributed by atoms with Crippen LogP contribution in [-0.4, -0.2) is 77.4 Å². The topological polar surface area (TPSA) is 110 Å². The van der Waals surface area contributed by atoms with Crippen molar-refractivity contribution in [2.45, 2.75) is 26.0 Å². The summed E-state index contributed by atoms with van der Waals surface area (Å²) in [6, 6.07) is 13.6. The molecule has 4 N–H and O–H groups in total. The van der Waals surface area contributed by atoms with Crippen molar-refractivity contribution in [1.29, 1.82) is 0 Å². The average Bonchev–Trinajstić information content (AvgIpc) is 3.35. The Kier molecular flexibility index (Phi) is 8.23. The molecule has 0 spiro atoms. The molecular formula is C29H35ClN6O3. The lowest BCUT2D eigenvalue weighted by Gasteiger charge is -2.41. The van der Waals surface area contributed by atoms with Crippen molar-refractivity contribution in [1.82, 2.24) is 19.9 Å². The van der Waals surface area contributed by atoms with E-state index in [1.807, 2.05) is 13.0 Å². The number of piperazine rings is 1. The number of benzene rings is 2. The van der Waals surface area contributed by atoms with Crippen LogP contribution in [-0.2, 0) is 4.74 Å². The fourth-order valence-electron chi connectivity index (χ4n) is 5.24. The molecule has 206 valence electrons. The van der Waals surface area contributed by atoms with Gasteiger partial charge in [0, 0.05) is 62.8 Å². The number of imidazole rings is 1. The quantitative estimate of drug-likeness (QED) is 0.247. The highest BCUT2D eigenvalue weighted by atomic mass is 35.5. The summed E-state index contributed by atoms with van der Waals surface area (Å²) in [4.78, 5) is 28.8. The van der Waals surface area contributed by atoms with Crippen LogP contribution in [0, 0.1) is 6.92 Å². The van der Waals surface area contributed by atoms with Crippen molar-refractivity contribution in [2.24, 2.45) is 0 Å². The zero-order chi connectivity index (χ0) is 27.5. The lowest BCUT2D eigenvalue weighted by molar-refractivity contribution is 0.117. The zero-order valence-corrected chi connectivity index (χ0v) is 23.3. The molecule has 3 heterocycles. The van der Waals surface area contributed by atoms with Crippen molar-refractivity contribution in [3.05, 3.63) is 75.2 Å². The number of hydrogen-bond acceptors (Lipinski definition) is 7. The molecule has 1 aliphatic rings. The van der Waals surface area contributed by atoms with Crippen molar-refractivity contribution in [3.63, 3.8) is 0 Å². The summed E-state index contributed by atoms with van der Waals surface area (Å²) >= 11 is 6.08. The Bertz CT molecular complexity index is 1500. The van der Waals surface area contributed by atoms with Crippen LogP contribution in [0.2, 0.25) is 5.02 Å². The number of aliphatic hydroxyl groups excluding tert-OH is 1. The summed E-state index contributed by atoms with van der Waals surface area (Å²) in [5, 5.41) is 14.5. The molecule has 0 unspecified atom stereocenters. The van der Waals surface area contributed by atoms with E-state index in [9.17, 15) is 9.90 Å². The molecule has 0 amide bonds. The van der Waals surface area contributed by atoms with E-state index in [2.05, 4.69) is 44.1 Å². The predicted molar refractivity (Wildman–Crippen MR) is 157 cm³/mol. The van der Waals surface area contributed by atoms with E-state index in [0.717, 1.165) is 55.1 Å². The molecule has 0 radical (unpaired) electrons. The van der Waals surface area contributed by atoms with Gasteiger partial charge >= 0.3 is 0 Å². The molecule has 5 rings (SSSR count). The third-order valence-corrected chi connectivity index (χ3v) is 7.63. The number of nitrogens with zero attached hydrogens (tertiary/aromatic N) is 3. The Morgan fingerprint density at radius 1 is 1.26 bits per heavy atom. The second kappa shape index (κ2) is 11.8. The van der Waals surface area contributed by atoms with Crippen LogP contribution in [0.4, 0.5) is 11.4 Å². The van der Waals surface area contributed by atoms with Crippen molar-refractivity contribution >= 4 is 34.0 Å². The zero-order valence-electron chi connectivity index (χ0n) is 22.5. The average molecular weight is 551 g/mol. The van der Waals surface area contributed by atoms with Gasteiger partial charge in [-0.2, -0.15) is 0 Å². The van der Waals surface area contributed by atoms with E-state index in [1.165, 1.54) is 0 Å². The first-order valence-corrected chi connectivity index (χ1v) is 13.6. The van der Waals surface area contributed by atoms with Gasteiger partial charge in [0.2, 0.25) is 0 Å². The Balaban J connectivity index is 1.39. The van der Waals surface area contributed by atoms with Crippen LogP contribution in [0.15, 0.2) is 53.5 Å². The van der Waals surface area contributed by atoms with Gasteiger partial charge in [-0.3, -0.25) is 9.69 Å². The van der Waals surface area contributed by atoms with Crippen LogP contribution >= 0.6 is 11.6 Å². The number of ether oxygens (including phenoxy) is 1. The van der Waals surface area contributed by atoms with Crippen LogP contribution in [0.5, 0.6) is 0 Å². The van der Waals surface area contributed by atoms with Gasteiger partial charge in [0.1, 0.15) is 11.4 Å². The summed E-state index contributed by atoms with van der Waals surface area (Å²) in [5.74, 6) is 0.476. The summed E-state index contributed by atoms with van der Waals surface area (Å²) in [5.41, 5.74) is 5.29. The summed E-state index contributed by atoms with van der Waals surface area (Å²) in [6.45, 7) is 9.01. The molecule has 2 atom stereocenters. The number of aromatic amines is 2. The number of H-pyrrole nitrogens is 2. The monoisotopic (exact) mass is 550 g/mol. The Labute approximate surface area is 232 Å². The minimum atomic E-state index is -0.798. The number of nitrogens with one attached hydrogen (secondary N) is 3. The molecule has 1 saturated heterocycles. The standard InChI is InChI=1S/C29H35ClN6O3/c1-18-13-22(36-10-9-35(11-12-39-3)19(2)17-36)15-24-27(18)34-28(33-24)26-23(7-8-31-29(26)38)32-16-25(37)20-5-4-6-21(30)14-20/h4-8,13-15,19,25,37H,9-12,16-17H2,1-3H3,(H,33,34)(H2,31,32,38)/t19-,25-/m1/s1. The van der Waals surface area contributed by atoms with E-state index in [1.54, 1.807) is 37.6 Å². The molecular weight excluding hydrogens is 516 g/mol. The highest BCUT2D eigenvalue weighted by Gasteiger charge is 2.24. The second-order valence-corrected chi connectivity index (χ2v) is 10.6. The molecule has 0 bridgehead atoms. The summed E-state index contributed by atoms with van der Waals surface area (Å²) in [7, 11) is 1.74. The largest absolute Gasteiger partial charge is 0.387 e. The minimum absolute atomic E-state index is 0.203. The van der Waals surface area contributed by atoms with Gasteiger partial charge in [-0.05, 0) is 55.3 Å². The Morgan fingerprint density at radius 2 is 2.10 bits per heavy atom. The highest BCUT2D eigenvalue weighted by molar-refractivity contribution is 6.30. The predicted octanol–water partition coefficient (Wildman–Crippen LogP) is 4.18. The molecule has 0 aliphatic carbocycles. The summed E-state index contributed by atoms with van der Waals surface area (Å²) in [6.07, 6.45) is 0.785. The number of methoxy groups -OCH3 is 1. The lowest BCUT2D eigenvalue weighted by Crippen LogP contribution is -2.52. The van der Waals surface area contributed by atoms with Crippen molar-refractivity contribution < 1.29 is 9.84 Å². The normalized spacial score (nSPS) is 17.1. The highest BCUT2D eigenvalue weighted by Crippen LogP contribution is 2.30. The molecule has 0 saturated carbocycles. The molecule has 1 aliphatic heterocycles. The number of anilines is 2. The van der Waals surface area contributed by atoms with Crippen LogP contribution in [0.1, 0.15) is 24.2 Å². The third kappa shape index (κ3) is 5.96. The first kappa shape index (κ1) is 27.2. The SMILES string of the molecule is COCCN1CCN(c2cc(C)c3nc(-c4c(NC[C@@H](O)c5cccc(Cl)c5)cc[nH]c4=O)[nH]c3c2)C[C@H]1C. The maximum absolute atomic E-state index is 13.0. The van der Waals surface area contributed by atoms with E-state index in [-0.39, 0.29) is 12.1 Å². The Morgan fingerprint density at radius 3 is 2.87 bits per heavy atom. The lowest BCUT2D eigenvalue weighted by atomic mass is 10.1. The first-order valence-electron chi connectivity index (χ1n) is 13.2. The van der Waals surface area contributed by atoms with Crippen LogP contribution in [0.25, 0.3) is 22.4 Å². The minimum Gasteiger partial charge on any atom is -0.387 e. The third-order valence-electron chi connectivity index (χ3n) is 7.39. The van der Waals surface area contributed by atoms with E-state index < -0.39 is 6.10 Å². The van der Waals surface area contributed by atoms with Gasteiger partial charge in [-0.1, -0.05) is 23.7 Å². The van der Waals surface area contributed by atoms with Gasteiger partial charge in [0.25, 0.3) is 5.56 Å². The number of rotatable bonds is 9. The Hall–Kier alpha value is -3.37. The fourth-order valence-corrected chi connectivity index (χ4v) is 5.44. The number of halogens is 1. The maximum Gasteiger partial charge on any atom is 0.261 e. The van der Waals surface area contributed by atoms with Crippen LogP contribution < -0.4 is 15.8 Å². The second-order valence-electron chi connectivity index (χ2n) is 10.1. The van der Waals surface area contributed by atoms with Gasteiger partial charge in [0.15, 0.2) is 0 Å². The molecule has 2 aromatic carbocycles. The van der Waals surface area contributed by atoms with Gasteiger partial charge in [-0.15, -0.1) is 0 Å². The molecule has 10 heteroatoms. The first-order chi connectivity index (χ1) is 18.8. The van der Waals surface area contributed by atoms with E-state index in [4.69, 9.17) is 21.3 Å². The molecule has 2 aromatic heterocycles. The van der Waals surface area contributed by atoms with E-state index in [0.29, 0.717) is 33.7 Å². The summed E-state index contributed by atoms with van der Waals surface area (Å²) < 4.78 is 5.26. The van der Waals surface area contributed by atoms with Gasteiger partial charge in [-0.25, -0.2) is 4.98 Å². The van der Waals surface area contributed by atoms with Gasteiger partial charge < -0.3 is 30.0 Å². The van der Waals surface area contributed by atoms with E-state index >= 15 is 0 Å². The molecule has 39 heavy (non-hydrogen) atoms. The number of aryl methyl sites for hydroxylation is 1. The number of aliphatic hydroxyl groups is 1. The van der Waals surface area contributed by atoms with Gasteiger partial charge in [0.05, 0.1) is 29.4 Å². The fraction of sp³-hybridized carbons (Fsp3) is 0.379. The molecule has 4 aromatic rings. The molecule has 9 nitrogen and oxygen atoms in total.